The molecule has 2 heterocycles. The van der Waals surface area contributed by atoms with E-state index in [1.165, 1.54) is 15.9 Å². The van der Waals surface area contributed by atoms with Crippen LogP contribution >= 0.6 is 11.3 Å². The first kappa shape index (κ1) is 22.0. The molecule has 0 saturated heterocycles. The summed E-state index contributed by atoms with van der Waals surface area (Å²) in [6.07, 6.45) is 1.96. The Morgan fingerprint density at radius 2 is 1.90 bits per heavy atom. The normalized spacial score (nSPS) is 11.1. The summed E-state index contributed by atoms with van der Waals surface area (Å²) in [4.78, 5) is 34.2. The van der Waals surface area contributed by atoms with E-state index in [4.69, 9.17) is 4.74 Å². The lowest BCUT2D eigenvalue weighted by Crippen LogP contribution is -2.35. The van der Waals surface area contributed by atoms with Crippen LogP contribution in [0.4, 0.5) is 0 Å². The lowest BCUT2D eigenvalue weighted by Gasteiger charge is -2.18. The summed E-state index contributed by atoms with van der Waals surface area (Å²) in [5.74, 6) is 1.28. The van der Waals surface area contributed by atoms with Crippen molar-refractivity contribution in [1.82, 2.24) is 14.5 Å². The summed E-state index contributed by atoms with van der Waals surface area (Å²) in [6, 6.07) is 7.75. The average Bonchev–Trinajstić information content (AvgIpc) is 3.05. The Morgan fingerprint density at radius 3 is 2.53 bits per heavy atom. The molecule has 1 amide bonds. The molecule has 7 heteroatoms. The second kappa shape index (κ2) is 9.43. The van der Waals surface area contributed by atoms with Gasteiger partial charge < -0.3 is 9.64 Å². The van der Waals surface area contributed by atoms with E-state index in [1.807, 2.05) is 38.1 Å². The molecule has 0 aliphatic rings. The fourth-order valence-corrected chi connectivity index (χ4v) is 4.57. The number of hydrogen-bond donors (Lipinski definition) is 0. The van der Waals surface area contributed by atoms with Crippen LogP contribution in [-0.2, 0) is 11.3 Å². The first-order valence-corrected chi connectivity index (χ1v) is 11.2. The van der Waals surface area contributed by atoms with E-state index in [2.05, 4.69) is 11.9 Å². The van der Waals surface area contributed by atoms with Crippen molar-refractivity contribution in [2.45, 2.75) is 47.1 Å². The van der Waals surface area contributed by atoms with Gasteiger partial charge in [-0.1, -0.05) is 25.5 Å². The van der Waals surface area contributed by atoms with Gasteiger partial charge in [0.1, 0.15) is 22.9 Å². The predicted molar refractivity (Wildman–Crippen MR) is 123 cm³/mol. The number of aryl methyl sites for hydroxylation is 2. The summed E-state index contributed by atoms with van der Waals surface area (Å²) in [6.45, 7) is 9.12. The van der Waals surface area contributed by atoms with Crippen molar-refractivity contribution in [3.8, 4) is 16.9 Å². The SMILES string of the molecule is CCCCN(C)C(=O)Cn1c(C)nc2sc(C)c(-c3ccc(OCC)cc3)c2c1=O. The van der Waals surface area contributed by atoms with Crippen LogP contribution < -0.4 is 10.3 Å². The molecule has 1 aromatic carbocycles. The minimum Gasteiger partial charge on any atom is -0.494 e. The van der Waals surface area contributed by atoms with Gasteiger partial charge in [0.25, 0.3) is 5.56 Å². The van der Waals surface area contributed by atoms with E-state index in [0.29, 0.717) is 29.2 Å². The van der Waals surface area contributed by atoms with Crippen molar-refractivity contribution in [2.24, 2.45) is 0 Å². The number of nitrogens with zero attached hydrogens (tertiary/aromatic N) is 3. The number of thiophene rings is 1. The second-order valence-corrected chi connectivity index (χ2v) is 8.59. The highest BCUT2D eigenvalue weighted by Crippen LogP contribution is 2.36. The first-order valence-electron chi connectivity index (χ1n) is 10.3. The zero-order valence-corrected chi connectivity index (χ0v) is 19.1. The maximum atomic E-state index is 13.4. The van der Waals surface area contributed by atoms with Crippen molar-refractivity contribution < 1.29 is 9.53 Å². The minimum absolute atomic E-state index is 0.00539. The van der Waals surface area contributed by atoms with Crippen LogP contribution in [0.15, 0.2) is 29.1 Å². The number of fused-ring (bicyclic) bond motifs is 1. The zero-order chi connectivity index (χ0) is 21.8. The van der Waals surface area contributed by atoms with E-state index in [1.54, 1.807) is 18.9 Å². The third kappa shape index (κ3) is 4.41. The zero-order valence-electron chi connectivity index (χ0n) is 18.3. The fraction of sp³-hybridized carbons (Fsp3) is 0.435. The topological polar surface area (TPSA) is 64.4 Å². The van der Waals surface area contributed by atoms with E-state index in [9.17, 15) is 9.59 Å². The highest BCUT2D eigenvalue weighted by Gasteiger charge is 2.20. The number of benzene rings is 1. The van der Waals surface area contributed by atoms with Crippen molar-refractivity contribution in [3.63, 3.8) is 0 Å². The van der Waals surface area contributed by atoms with Crippen LogP contribution in [0.2, 0.25) is 0 Å². The number of carbonyl (C=O) groups is 1. The van der Waals surface area contributed by atoms with E-state index >= 15 is 0 Å². The summed E-state index contributed by atoms with van der Waals surface area (Å²) in [7, 11) is 1.78. The molecule has 3 rings (SSSR count). The Balaban J connectivity index is 2.04. The summed E-state index contributed by atoms with van der Waals surface area (Å²) < 4.78 is 7.03. The molecular formula is C23H29N3O3S. The quantitative estimate of drug-likeness (QED) is 0.534. The molecule has 6 nitrogen and oxygen atoms in total. The maximum Gasteiger partial charge on any atom is 0.263 e. The Hall–Kier alpha value is -2.67. The fourth-order valence-electron chi connectivity index (χ4n) is 3.49. The van der Waals surface area contributed by atoms with Crippen LogP contribution in [-0.4, -0.2) is 40.6 Å². The molecule has 3 aromatic rings. The Morgan fingerprint density at radius 1 is 1.20 bits per heavy atom. The second-order valence-electron chi connectivity index (χ2n) is 7.39. The predicted octanol–water partition coefficient (Wildman–Crippen LogP) is 4.40. The van der Waals surface area contributed by atoms with E-state index in [-0.39, 0.29) is 18.0 Å². The van der Waals surface area contributed by atoms with E-state index in [0.717, 1.165) is 34.6 Å². The van der Waals surface area contributed by atoms with Gasteiger partial charge in [0, 0.05) is 24.0 Å². The number of hydrogen-bond acceptors (Lipinski definition) is 5. The van der Waals surface area contributed by atoms with Crippen LogP contribution in [0.1, 0.15) is 37.4 Å². The Labute approximate surface area is 181 Å². The lowest BCUT2D eigenvalue weighted by molar-refractivity contribution is -0.130. The largest absolute Gasteiger partial charge is 0.494 e. The monoisotopic (exact) mass is 427 g/mol. The maximum absolute atomic E-state index is 13.4. The molecule has 0 aliphatic heterocycles. The third-order valence-electron chi connectivity index (χ3n) is 5.20. The van der Waals surface area contributed by atoms with Crippen molar-refractivity contribution in [2.75, 3.05) is 20.2 Å². The number of ether oxygens (including phenoxy) is 1. The van der Waals surface area contributed by atoms with Crippen LogP contribution in [0.5, 0.6) is 5.75 Å². The van der Waals surface area contributed by atoms with Gasteiger partial charge in [-0.05, 0) is 44.9 Å². The van der Waals surface area contributed by atoms with Crippen LogP contribution in [0.3, 0.4) is 0 Å². The van der Waals surface area contributed by atoms with Gasteiger partial charge in [-0.15, -0.1) is 11.3 Å². The first-order chi connectivity index (χ1) is 14.4. The van der Waals surface area contributed by atoms with Crippen molar-refractivity contribution >= 4 is 27.5 Å². The van der Waals surface area contributed by atoms with Crippen molar-refractivity contribution in [1.29, 1.82) is 0 Å². The molecule has 160 valence electrons. The van der Waals surface area contributed by atoms with E-state index < -0.39 is 0 Å². The lowest BCUT2D eigenvalue weighted by atomic mass is 10.0. The molecule has 0 saturated carbocycles. The Bertz CT molecular complexity index is 1100. The van der Waals surface area contributed by atoms with Gasteiger partial charge in [0.15, 0.2) is 0 Å². The molecule has 0 atom stereocenters. The average molecular weight is 428 g/mol. The van der Waals surface area contributed by atoms with Gasteiger partial charge in [-0.2, -0.15) is 0 Å². The summed E-state index contributed by atoms with van der Waals surface area (Å²) in [5.41, 5.74) is 1.67. The molecule has 0 aliphatic carbocycles. The highest BCUT2D eigenvalue weighted by atomic mass is 32.1. The number of aromatic nitrogens is 2. The summed E-state index contributed by atoms with van der Waals surface area (Å²) >= 11 is 1.51. The minimum atomic E-state index is -0.164. The molecule has 2 aromatic heterocycles. The Kier molecular flexibility index (Phi) is 6.92. The number of likely N-dealkylation sites (N-methyl/N-ethyl adjacent to an activating group) is 1. The molecule has 0 fully saturated rings. The molecule has 0 spiro atoms. The number of unbranched alkanes of at least 4 members (excludes halogenated alkanes) is 1. The van der Waals surface area contributed by atoms with Crippen LogP contribution in [0, 0.1) is 13.8 Å². The van der Waals surface area contributed by atoms with Gasteiger partial charge >= 0.3 is 0 Å². The summed E-state index contributed by atoms with van der Waals surface area (Å²) in [5, 5.41) is 0.580. The third-order valence-corrected chi connectivity index (χ3v) is 6.20. The number of carbonyl (C=O) groups excluding carboxylic acids is 1. The van der Waals surface area contributed by atoms with Gasteiger partial charge in [0.05, 0.1) is 12.0 Å². The molecular weight excluding hydrogens is 398 g/mol. The molecule has 30 heavy (non-hydrogen) atoms. The number of amides is 1. The molecule has 0 N–H and O–H groups in total. The molecule has 0 bridgehead atoms. The smallest absolute Gasteiger partial charge is 0.263 e. The molecule has 0 unspecified atom stereocenters. The van der Waals surface area contributed by atoms with Crippen molar-refractivity contribution in [3.05, 3.63) is 45.3 Å². The van der Waals surface area contributed by atoms with Crippen LogP contribution in [0.25, 0.3) is 21.3 Å². The van der Waals surface area contributed by atoms with Gasteiger partial charge in [-0.3, -0.25) is 14.2 Å². The van der Waals surface area contributed by atoms with Gasteiger partial charge in [0.2, 0.25) is 5.91 Å². The van der Waals surface area contributed by atoms with Gasteiger partial charge in [-0.25, -0.2) is 4.98 Å². The highest BCUT2D eigenvalue weighted by molar-refractivity contribution is 7.19. The number of rotatable bonds is 8. The standard InChI is InChI=1S/C23H29N3O3S/c1-6-8-13-25(5)19(27)14-26-16(4)24-22-21(23(26)28)20(15(3)30-22)17-9-11-18(12-10-17)29-7-2/h9-12H,6-8,13-14H2,1-5H3. The molecule has 0 radical (unpaired) electrons.